The molecule has 1 heterocycles. The number of hydrogen-bond donors (Lipinski definition) is 1. The highest BCUT2D eigenvalue weighted by molar-refractivity contribution is 7.92. The maximum atomic E-state index is 13.5. The van der Waals surface area contributed by atoms with Crippen LogP contribution in [0, 0.1) is 6.92 Å². The molecular weight excluding hydrogens is 514 g/mol. The fourth-order valence-corrected chi connectivity index (χ4v) is 6.97. The first-order valence-corrected chi connectivity index (χ1v) is 14.6. The third-order valence-corrected chi connectivity index (χ3v) is 9.78. The van der Waals surface area contributed by atoms with Crippen LogP contribution in [0.2, 0.25) is 0 Å². The van der Waals surface area contributed by atoms with Crippen LogP contribution in [-0.4, -0.2) is 53.8 Å². The van der Waals surface area contributed by atoms with E-state index in [2.05, 4.69) is 5.32 Å². The van der Waals surface area contributed by atoms with Gasteiger partial charge in [0.15, 0.2) is 0 Å². The number of benzene rings is 3. The van der Waals surface area contributed by atoms with Crippen molar-refractivity contribution >= 4 is 37.3 Å². The third kappa shape index (κ3) is 5.95. The molecule has 1 amide bonds. The first kappa shape index (κ1) is 26.6. The number of nitrogens with one attached hydrogen (secondary N) is 1. The van der Waals surface area contributed by atoms with Crippen LogP contribution in [-0.2, 0) is 24.8 Å². The second-order valence-electron chi connectivity index (χ2n) is 8.71. The predicted molar refractivity (Wildman–Crippen MR) is 142 cm³/mol. The number of sulfonamides is 2. The smallest absolute Gasteiger partial charge is 0.264 e. The number of aryl methyl sites for hydroxylation is 1. The van der Waals surface area contributed by atoms with Gasteiger partial charge < -0.3 is 10.1 Å². The van der Waals surface area contributed by atoms with E-state index >= 15 is 0 Å². The molecule has 0 unspecified atom stereocenters. The van der Waals surface area contributed by atoms with Crippen LogP contribution < -0.4 is 14.4 Å². The van der Waals surface area contributed by atoms with Gasteiger partial charge in [-0.1, -0.05) is 23.8 Å². The lowest BCUT2D eigenvalue weighted by atomic mass is 10.2. The van der Waals surface area contributed by atoms with Crippen molar-refractivity contribution in [2.24, 2.45) is 0 Å². The average Bonchev–Trinajstić information content (AvgIpc) is 3.44. The van der Waals surface area contributed by atoms with Crippen molar-refractivity contribution in [3.05, 3.63) is 78.4 Å². The van der Waals surface area contributed by atoms with Crippen molar-refractivity contribution in [3.63, 3.8) is 0 Å². The Morgan fingerprint density at radius 2 is 1.54 bits per heavy atom. The maximum Gasteiger partial charge on any atom is 0.264 e. The number of ether oxygens (including phenoxy) is 1. The number of methoxy groups -OCH3 is 1. The molecule has 4 rings (SSSR count). The maximum absolute atomic E-state index is 13.5. The molecule has 1 aliphatic heterocycles. The normalized spacial score (nSPS) is 14.3. The Kier molecular flexibility index (Phi) is 7.86. The van der Waals surface area contributed by atoms with Gasteiger partial charge in [-0.05, 0) is 68.3 Å². The molecule has 1 fully saturated rings. The summed E-state index contributed by atoms with van der Waals surface area (Å²) in [6.07, 6.45) is 1.67. The van der Waals surface area contributed by atoms with Gasteiger partial charge in [-0.25, -0.2) is 16.8 Å². The van der Waals surface area contributed by atoms with Gasteiger partial charge in [-0.2, -0.15) is 4.31 Å². The van der Waals surface area contributed by atoms with Crippen LogP contribution in [0.25, 0.3) is 0 Å². The molecular formula is C26H29N3O6S2. The Bertz CT molecular complexity index is 1470. The number of nitrogens with zero attached hydrogens (tertiary/aromatic N) is 2. The van der Waals surface area contributed by atoms with Gasteiger partial charge in [0.1, 0.15) is 12.3 Å². The average molecular weight is 544 g/mol. The van der Waals surface area contributed by atoms with E-state index < -0.39 is 32.5 Å². The molecule has 1 N–H and O–H groups in total. The highest BCUT2D eigenvalue weighted by atomic mass is 32.2. The van der Waals surface area contributed by atoms with Crippen LogP contribution in [0.5, 0.6) is 5.75 Å². The van der Waals surface area contributed by atoms with Crippen LogP contribution in [0.1, 0.15) is 18.4 Å². The first-order chi connectivity index (χ1) is 17.6. The molecule has 1 aliphatic rings. The van der Waals surface area contributed by atoms with Crippen LogP contribution >= 0.6 is 0 Å². The van der Waals surface area contributed by atoms with E-state index in [0.717, 1.165) is 22.7 Å². The number of carbonyl (C=O) groups is 1. The minimum Gasteiger partial charge on any atom is -0.497 e. The molecule has 196 valence electrons. The van der Waals surface area contributed by atoms with Gasteiger partial charge in [0.25, 0.3) is 10.0 Å². The van der Waals surface area contributed by atoms with E-state index in [1.807, 2.05) is 6.92 Å². The molecule has 3 aromatic carbocycles. The van der Waals surface area contributed by atoms with E-state index in [0.29, 0.717) is 24.5 Å². The number of anilines is 2. The van der Waals surface area contributed by atoms with Gasteiger partial charge in [0.2, 0.25) is 15.9 Å². The molecule has 0 spiro atoms. The number of carbonyl (C=O) groups excluding carboxylic acids is 1. The minimum absolute atomic E-state index is 0.0465. The minimum atomic E-state index is -4.09. The van der Waals surface area contributed by atoms with E-state index in [9.17, 15) is 21.6 Å². The molecule has 0 aromatic heterocycles. The van der Waals surface area contributed by atoms with Gasteiger partial charge in [0, 0.05) is 24.8 Å². The summed E-state index contributed by atoms with van der Waals surface area (Å²) in [5, 5.41) is 2.67. The largest absolute Gasteiger partial charge is 0.497 e. The second-order valence-corrected chi connectivity index (χ2v) is 12.5. The van der Waals surface area contributed by atoms with E-state index in [4.69, 9.17) is 4.74 Å². The Hall–Kier alpha value is -3.41. The van der Waals surface area contributed by atoms with E-state index in [1.165, 1.54) is 53.9 Å². The Morgan fingerprint density at radius 3 is 2.16 bits per heavy atom. The zero-order valence-electron chi connectivity index (χ0n) is 20.6. The molecule has 0 aliphatic carbocycles. The standard InChI is InChI=1S/C26H29N3O6S2/c1-20-8-12-25(13-9-20)37(33,34)29(22-6-5-7-23(18-22)35-2)19-26(30)27-21-10-14-24(15-11-21)36(31,32)28-16-3-4-17-28/h5-15,18H,3-4,16-17,19H2,1-2H3,(H,27,30). The van der Waals surface area contributed by atoms with Crippen molar-refractivity contribution in [1.82, 2.24) is 4.31 Å². The summed E-state index contributed by atoms with van der Waals surface area (Å²) in [5.74, 6) is -0.148. The third-order valence-electron chi connectivity index (χ3n) is 6.08. The zero-order valence-corrected chi connectivity index (χ0v) is 22.3. The molecule has 11 heteroatoms. The van der Waals surface area contributed by atoms with Crippen molar-refractivity contribution in [1.29, 1.82) is 0 Å². The quantitative estimate of drug-likeness (QED) is 0.441. The number of amides is 1. The highest BCUT2D eigenvalue weighted by Crippen LogP contribution is 2.28. The molecule has 9 nitrogen and oxygen atoms in total. The van der Waals surface area contributed by atoms with Gasteiger partial charge in [-0.3, -0.25) is 9.10 Å². The lowest BCUT2D eigenvalue weighted by Crippen LogP contribution is -2.38. The summed E-state index contributed by atoms with van der Waals surface area (Å²) >= 11 is 0. The van der Waals surface area contributed by atoms with Crippen molar-refractivity contribution < 1.29 is 26.4 Å². The molecule has 1 saturated heterocycles. The Balaban J connectivity index is 1.57. The second kappa shape index (κ2) is 10.9. The van der Waals surface area contributed by atoms with Crippen molar-refractivity contribution in [2.75, 3.05) is 36.4 Å². The summed E-state index contributed by atoms with van der Waals surface area (Å²) in [4.78, 5) is 13.2. The predicted octanol–water partition coefficient (Wildman–Crippen LogP) is 3.62. The van der Waals surface area contributed by atoms with Gasteiger partial charge in [-0.15, -0.1) is 0 Å². The van der Waals surface area contributed by atoms with Gasteiger partial charge >= 0.3 is 0 Å². The molecule has 0 saturated carbocycles. The Labute approximate surface area is 217 Å². The summed E-state index contributed by atoms with van der Waals surface area (Å²) in [7, 11) is -6.19. The lowest BCUT2D eigenvalue weighted by Gasteiger charge is -2.24. The van der Waals surface area contributed by atoms with E-state index in [-0.39, 0.29) is 15.5 Å². The SMILES string of the molecule is COc1cccc(N(CC(=O)Nc2ccc(S(=O)(=O)N3CCCC3)cc2)S(=O)(=O)c2ccc(C)cc2)c1. The summed E-state index contributed by atoms with van der Waals surface area (Å²) in [6.45, 7) is 2.34. The monoisotopic (exact) mass is 543 g/mol. The van der Waals surface area contributed by atoms with Gasteiger partial charge in [0.05, 0.1) is 22.6 Å². The Morgan fingerprint density at radius 1 is 0.919 bits per heavy atom. The summed E-state index contributed by atoms with van der Waals surface area (Å²) in [5.41, 5.74) is 1.52. The number of hydrogen-bond acceptors (Lipinski definition) is 6. The van der Waals surface area contributed by atoms with Crippen LogP contribution in [0.15, 0.2) is 82.6 Å². The molecule has 3 aromatic rings. The first-order valence-electron chi connectivity index (χ1n) is 11.7. The fourth-order valence-electron chi connectivity index (χ4n) is 4.04. The molecule has 0 radical (unpaired) electrons. The zero-order chi connectivity index (χ0) is 26.6. The molecule has 37 heavy (non-hydrogen) atoms. The molecule has 0 atom stereocenters. The van der Waals surface area contributed by atoms with E-state index in [1.54, 1.807) is 30.3 Å². The van der Waals surface area contributed by atoms with Crippen molar-refractivity contribution in [2.45, 2.75) is 29.6 Å². The number of rotatable bonds is 9. The lowest BCUT2D eigenvalue weighted by molar-refractivity contribution is -0.114. The summed E-state index contributed by atoms with van der Waals surface area (Å²) in [6, 6.07) is 18.7. The highest BCUT2D eigenvalue weighted by Gasteiger charge is 2.29. The fraction of sp³-hybridized carbons (Fsp3) is 0.269. The van der Waals surface area contributed by atoms with Crippen LogP contribution in [0.3, 0.4) is 0 Å². The summed E-state index contributed by atoms with van der Waals surface area (Å²) < 4.78 is 60.3. The molecule has 0 bridgehead atoms. The topological polar surface area (TPSA) is 113 Å². The van der Waals surface area contributed by atoms with Crippen molar-refractivity contribution in [3.8, 4) is 5.75 Å². The van der Waals surface area contributed by atoms with Crippen LogP contribution in [0.4, 0.5) is 11.4 Å².